The second-order valence-corrected chi connectivity index (χ2v) is 7.05. The molecular weight excluding hydrogens is 330 g/mol. The minimum absolute atomic E-state index is 0.0210. The lowest BCUT2D eigenvalue weighted by Crippen LogP contribution is -2.02. The van der Waals surface area contributed by atoms with Gasteiger partial charge in [0.25, 0.3) is 0 Å². The van der Waals surface area contributed by atoms with E-state index in [0.717, 1.165) is 27.7 Å². The van der Waals surface area contributed by atoms with Crippen molar-refractivity contribution in [1.82, 2.24) is 9.78 Å². The molecule has 25 heavy (non-hydrogen) atoms. The third kappa shape index (κ3) is 3.10. The van der Waals surface area contributed by atoms with Crippen LogP contribution in [0.15, 0.2) is 64.4 Å². The number of nitrogens with one attached hydrogen (secondary N) is 1. The number of allylic oxidation sites excluding steroid dienone is 1. The van der Waals surface area contributed by atoms with Crippen LogP contribution in [0.2, 0.25) is 0 Å². The summed E-state index contributed by atoms with van der Waals surface area (Å²) < 4.78 is 1.76. The van der Waals surface area contributed by atoms with Crippen LogP contribution in [-0.4, -0.2) is 15.6 Å². The number of nitrogens with zero attached hydrogens (tertiary/aromatic N) is 2. The van der Waals surface area contributed by atoms with Crippen molar-refractivity contribution >= 4 is 35.0 Å². The average Bonchev–Trinajstić information content (AvgIpc) is 2.94. The zero-order valence-electron chi connectivity index (χ0n) is 14.0. The van der Waals surface area contributed by atoms with Crippen LogP contribution in [0.1, 0.15) is 21.7 Å². The van der Waals surface area contributed by atoms with E-state index in [9.17, 15) is 4.79 Å². The normalized spacial score (nSPS) is 12.6. The lowest BCUT2D eigenvalue weighted by molar-refractivity contribution is 0.104. The number of aromatic nitrogens is 2. The summed E-state index contributed by atoms with van der Waals surface area (Å²) in [7, 11) is 1.87. The molecule has 0 aliphatic carbocycles. The smallest absolute Gasteiger partial charge is 0.185 e. The highest BCUT2D eigenvalue weighted by molar-refractivity contribution is 7.99. The molecule has 0 bridgehead atoms. The molecule has 0 fully saturated rings. The largest absolute Gasteiger partial charge is 0.354 e. The van der Waals surface area contributed by atoms with Crippen LogP contribution in [0.4, 0.5) is 11.4 Å². The van der Waals surface area contributed by atoms with Crippen LogP contribution in [0.5, 0.6) is 0 Å². The number of aryl methyl sites for hydroxylation is 2. The minimum atomic E-state index is -0.0210. The molecule has 0 saturated heterocycles. The van der Waals surface area contributed by atoms with Gasteiger partial charge in [0.15, 0.2) is 5.78 Å². The van der Waals surface area contributed by atoms with Crippen LogP contribution in [0, 0.1) is 6.92 Å². The molecule has 1 aromatic heterocycles. The van der Waals surface area contributed by atoms with Gasteiger partial charge in [-0.1, -0.05) is 23.9 Å². The van der Waals surface area contributed by atoms with Crippen LogP contribution in [-0.2, 0) is 7.05 Å². The van der Waals surface area contributed by atoms with Gasteiger partial charge in [0.05, 0.1) is 22.8 Å². The number of carbonyl (C=O) groups excluding carboxylic acids is 1. The molecule has 124 valence electrons. The second-order valence-electron chi connectivity index (χ2n) is 5.97. The molecule has 0 radical (unpaired) electrons. The Morgan fingerprint density at radius 3 is 2.72 bits per heavy atom. The topological polar surface area (TPSA) is 46.9 Å². The lowest BCUT2D eigenvalue weighted by atomic mass is 10.1. The van der Waals surface area contributed by atoms with Crippen LogP contribution < -0.4 is 5.32 Å². The average molecular weight is 347 g/mol. The number of hydrogen-bond acceptors (Lipinski definition) is 4. The van der Waals surface area contributed by atoms with Crippen LogP contribution in [0.3, 0.4) is 0 Å². The summed E-state index contributed by atoms with van der Waals surface area (Å²) in [6.07, 6.45) is 3.40. The molecule has 3 aromatic rings. The summed E-state index contributed by atoms with van der Waals surface area (Å²) in [5.74, 6) is -0.0210. The molecule has 4 rings (SSSR count). The Balaban J connectivity index is 1.58. The Kier molecular flexibility index (Phi) is 3.93. The van der Waals surface area contributed by atoms with Gasteiger partial charge in [-0.05, 0) is 55.5 Å². The molecular formula is C20H17N3OS. The monoisotopic (exact) mass is 347 g/mol. The van der Waals surface area contributed by atoms with E-state index >= 15 is 0 Å². The number of ketones is 1. The maximum atomic E-state index is 12.5. The first-order valence-electron chi connectivity index (χ1n) is 8.01. The van der Waals surface area contributed by atoms with E-state index in [2.05, 4.69) is 16.5 Å². The predicted molar refractivity (Wildman–Crippen MR) is 102 cm³/mol. The number of anilines is 2. The third-order valence-corrected chi connectivity index (χ3v) is 5.24. The summed E-state index contributed by atoms with van der Waals surface area (Å²) in [4.78, 5) is 14.8. The standard InChI is InChI=1S/C20H17N3OS/c1-13-11-15(23(2)22-13)8-9-18(24)14-7-10-20-17(12-14)21-16-5-3-4-6-19(16)25-20/h3-12,21H,1-2H3/b9-8+. The molecule has 5 heteroatoms. The van der Waals surface area contributed by atoms with Gasteiger partial charge in [-0.15, -0.1) is 0 Å². The number of carbonyl (C=O) groups is 1. The van der Waals surface area contributed by atoms with Gasteiger partial charge in [-0.3, -0.25) is 9.48 Å². The van der Waals surface area contributed by atoms with Crippen LogP contribution >= 0.6 is 11.8 Å². The molecule has 0 amide bonds. The fourth-order valence-corrected chi connectivity index (χ4v) is 3.80. The Labute approximate surface area is 150 Å². The Morgan fingerprint density at radius 1 is 1.12 bits per heavy atom. The van der Waals surface area contributed by atoms with Crippen molar-refractivity contribution in [1.29, 1.82) is 0 Å². The van der Waals surface area contributed by atoms with E-state index in [-0.39, 0.29) is 5.78 Å². The zero-order chi connectivity index (χ0) is 17.4. The van der Waals surface area contributed by atoms with Crippen molar-refractivity contribution in [3.05, 3.63) is 71.6 Å². The lowest BCUT2D eigenvalue weighted by Gasteiger charge is -2.20. The Hall–Kier alpha value is -2.79. The van der Waals surface area contributed by atoms with Crippen molar-refractivity contribution in [3.8, 4) is 0 Å². The van der Waals surface area contributed by atoms with Gasteiger partial charge < -0.3 is 5.32 Å². The van der Waals surface area contributed by atoms with E-state index in [0.29, 0.717) is 5.56 Å². The zero-order valence-corrected chi connectivity index (χ0v) is 14.8. The van der Waals surface area contributed by atoms with Crippen molar-refractivity contribution in [2.75, 3.05) is 5.32 Å². The van der Waals surface area contributed by atoms with Crippen LogP contribution in [0.25, 0.3) is 6.08 Å². The van der Waals surface area contributed by atoms with E-state index in [1.54, 1.807) is 28.6 Å². The van der Waals surface area contributed by atoms with Crippen molar-refractivity contribution in [3.63, 3.8) is 0 Å². The summed E-state index contributed by atoms with van der Waals surface area (Å²) in [6, 6.07) is 15.9. The second kappa shape index (κ2) is 6.26. The Bertz CT molecular complexity index is 1000. The predicted octanol–water partition coefficient (Wildman–Crippen LogP) is 4.83. The van der Waals surface area contributed by atoms with Gasteiger partial charge >= 0.3 is 0 Å². The van der Waals surface area contributed by atoms with Crippen molar-refractivity contribution < 1.29 is 4.79 Å². The van der Waals surface area contributed by atoms with Gasteiger partial charge in [-0.25, -0.2) is 0 Å². The SMILES string of the molecule is Cc1cc(/C=C/C(=O)c2ccc3c(c2)Nc2ccccc2S3)n(C)n1. The number of benzene rings is 2. The fourth-order valence-electron chi connectivity index (χ4n) is 2.84. The van der Waals surface area contributed by atoms with E-state index in [4.69, 9.17) is 0 Å². The quantitative estimate of drug-likeness (QED) is 0.426. The molecule has 1 N–H and O–H groups in total. The number of fused-ring (bicyclic) bond motifs is 2. The van der Waals surface area contributed by atoms with Gasteiger partial charge in [0, 0.05) is 22.4 Å². The maximum Gasteiger partial charge on any atom is 0.185 e. The maximum absolute atomic E-state index is 12.5. The van der Waals surface area contributed by atoms with Gasteiger partial charge in [0.1, 0.15) is 0 Å². The Morgan fingerprint density at radius 2 is 1.92 bits per heavy atom. The first kappa shape index (κ1) is 15.7. The van der Waals surface area contributed by atoms with Gasteiger partial charge in [0.2, 0.25) is 0 Å². The molecule has 0 atom stereocenters. The molecule has 1 aliphatic rings. The molecule has 0 spiro atoms. The van der Waals surface area contributed by atoms with Crippen molar-refractivity contribution in [2.24, 2.45) is 7.05 Å². The van der Waals surface area contributed by atoms with E-state index < -0.39 is 0 Å². The minimum Gasteiger partial charge on any atom is -0.354 e. The van der Waals surface area contributed by atoms with Crippen molar-refractivity contribution in [2.45, 2.75) is 16.7 Å². The number of hydrogen-bond donors (Lipinski definition) is 1. The van der Waals surface area contributed by atoms with Gasteiger partial charge in [-0.2, -0.15) is 5.10 Å². The van der Waals surface area contributed by atoms with E-state index in [1.807, 2.05) is 56.4 Å². The third-order valence-electron chi connectivity index (χ3n) is 4.08. The summed E-state index contributed by atoms with van der Waals surface area (Å²) in [5, 5.41) is 7.69. The molecule has 1 aliphatic heterocycles. The highest BCUT2D eigenvalue weighted by Crippen LogP contribution is 2.44. The molecule has 4 nitrogen and oxygen atoms in total. The summed E-state index contributed by atoms with van der Waals surface area (Å²) in [5.41, 5.74) is 4.56. The molecule has 0 saturated carbocycles. The summed E-state index contributed by atoms with van der Waals surface area (Å²) in [6.45, 7) is 1.93. The molecule has 2 heterocycles. The number of rotatable bonds is 3. The summed E-state index contributed by atoms with van der Waals surface area (Å²) >= 11 is 1.71. The first-order valence-corrected chi connectivity index (χ1v) is 8.83. The highest BCUT2D eigenvalue weighted by atomic mass is 32.2. The molecule has 0 unspecified atom stereocenters. The molecule has 2 aromatic carbocycles. The van der Waals surface area contributed by atoms with E-state index in [1.165, 1.54) is 4.90 Å². The highest BCUT2D eigenvalue weighted by Gasteiger charge is 2.16. The first-order chi connectivity index (χ1) is 12.1. The number of para-hydroxylation sites is 1. The fraction of sp³-hybridized carbons (Fsp3) is 0.100.